The highest BCUT2D eigenvalue weighted by Gasteiger charge is 2.16. The first kappa shape index (κ1) is 11.4. The van der Waals surface area contributed by atoms with Gasteiger partial charge in [0.05, 0.1) is 25.2 Å². The molecule has 1 rings (SSSR count). The molecule has 1 aliphatic heterocycles. The van der Waals surface area contributed by atoms with Crippen molar-refractivity contribution in [2.75, 3.05) is 26.2 Å². The predicted molar refractivity (Wildman–Crippen MR) is 51.9 cm³/mol. The van der Waals surface area contributed by atoms with E-state index in [0.717, 1.165) is 13.1 Å². The maximum absolute atomic E-state index is 11.3. The number of aliphatic hydroxyl groups excluding tert-OH is 1. The molecule has 0 saturated carbocycles. The third-order valence-corrected chi connectivity index (χ3v) is 2.01. The molecule has 2 atom stereocenters. The van der Waals surface area contributed by atoms with Crippen LogP contribution in [0.5, 0.6) is 0 Å². The molecule has 1 heterocycles. The topological polar surface area (TPSA) is 70.6 Å². The Morgan fingerprint density at radius 3 is 3.14 bits per heavy atom. The molecule has 0 aromatic carbocycles. The monoisotopic (exact) mass is 202 g/mol. The summed E-state index contributed by atoms with van der Waals surface area (Å²) in [6.45, 7) is 4.18. The van der Waals surface area contributed by atoms with Crippen molar-refractivity contribution in [3.8, 4) is 0 Å². The zero-order valence-corrected chi connectivity index (χ0v) is 8.45. The summed E-state index contributed by atoms with van der Waals surface area (Å²) in [6.07, 6.45) is -0.165. The summed E-state index contributed by atoms with van der Waals surface area (Å²) in [7, 11) is 0. The molecule has 5 nitrogen and oxygen atoms in total. The van der Waals surface area contributed by atoms with Crippen LogP contribution < -0.4 is 10.6 Å². The Hall–Kier alpha value is -0.650. The number of hydrogen-bond acceptors (Lipinski definition) is 4. The molecule has 1 saturated heterocycles. The lowest BCUT2D eigenvalue weighted by Gasteiger charge is -2.23. The number of carbonyl (C=O) groups is 1. The van der Waals surface area contributed by atoms with Crippen LogP contribution in [-0.2, 0) is 9.53 Å². The molecule has 5 heteroatoms. The highest BCUT2D eigenvalue weighted by Crippen LogP contribution is 2.00. The molecule has 1 fully saturated rings. The molecule has 1 aliphatic rings. The number of nitrogens with one attached hydrogen (secondary N) is 2. The van der Waals surface area contributed by atoms with Gasteiger partial charge in [-0.3, -0.25) is 4.79 Å². The molecule has 2 unspecified atom stereocenters. The van der Waals surface area contributed by atoms with E-state index in [0.29, 0.717) is 19.6 Å². The molecule has 0 spiro atoms. The van der Waals surface area contributed by atoms with Crippen LogP contribution in [0.4, 0.5) is 0 Å². The van der Waals surface area contributed by atoms with Crippen molar-refractivity contribution in [1.29, 1.82) is 0 Å². The van der Waals surface area contributed by atoms with E-state index in [-0.39, 0.29) is 12.0 Å². The fourth-order valence-corrected chi connectivity index (χ4v) is 1.29. The lowest BCUT2D eigenvalue weighted by atomic mass is 10.2. The van der Waals surface area contributed by atoms with Crippen LogP contribution in [0, 0.1) is 0 Å². The van der Waals surface area contributed by atoms with Crippen molar-refractivity contribution in [3.05, 3.63) is 0 Å². The SMILES string of the molecule is CC(O)CNC(=O)CC1CNCCO1. The van der Waals surface area contributed by atoms with Crippen molar-refractivity contribution < 1.29 is 14.6 Å². The number of rotatable bonds is 4. The molecule has 0 aliphatic carbocycles. The van der Waals surface area contributed by atoms with Gasteiger partial charge < -0.3 is 20.5 Å². The van der Waals surface area contributed by atoms with E-state index in [4.69, 9.17) is 9.84 Å². The quantitative estimate of drug-likeness (QED) is 0.539. The van der Waals surface area contributed by atoms with Crippen LogP contribution in [0.15, 0.2) is 0 Å². The Kier molecular flexibility index (Phi) is 4.86. The summed E-state index contributed by atoms with van der Waals surface area (Å²) in [6, 6.07) is 0. The maximum atomic E-state index is 11.3. The summed E-state index contributed by atoms with van der Waals surface area (Å²) in [5, 5.41) is 14.7. The summed E-state index contributed by atoms with van der Waals surface area (Å²) in [5.74, 6) is -0.0698. The van der Waals surface area contributed by atoms with E-state index < -0.39 is 6.10 Å². The molecule has 0 radical (unpaired) electrons. The van der Waals surface area contributed by atoms with Crippen LogP contribution in [0.1, 0.15) is 13.3 Å². The van der Waals surface area contributed by atoms with E-state index in [1.165, 1.54) is 0 Å². The molecule has 82 valence electrons. The smallest absolute Gasteiger partial charge is 0.222 e. The zero-order chi connectivity index (χ0) is 10.4. The fraction of sp³-hybridized carbons (Fsp3) is 0.889. The van der Waals surface area contributed by atoms with Gasteiger partial charge in [0.1, 0.15) is 0 Å². The second kappa shape index (κ2) is 5.95. The lowest BCUT2D eigenvalue weighted by molar-refractivity contribution is -0.124. The minimum absolute atomic E-state index is 0.0299. The van der Waals surface area contributed by atoms with Crippen molar-refractivity contribution in [3.63, 3.8) is 0 Å². The van der Waals surface area contributed by atoms with Gasteiger partial charge in [-0.1, -0.05) is 0 Å². The van der Waals surface area contributed by atoms with E-state index >= 15 is 0 Å². The minimum atomic E-state index is -0.496. The maximum Gasteiger partial charge on any atom is 0.222 e. The minimum Gasteiger partial charge on any atom is -0.392 e. The Balaban J connectivity index is 2.12. The van der Waals surface area contributed by atoms with Gasteiger partial charge in [0.15, 0.2) is 0 Å². The third-order valence-electron chi connectivity index (χ3n) is 2.01. The van der Waals surface area contributed by atoms with Crippen LogP contribution in [0.2, 0.25) is 0 Å². The summed E-state index contributed by atoms with van der Waals surface area (Å²) in [5.41, 5.74) is 0. The van der Waals surface area contributed by atoms with Gasteiger partial charge in [-0.25, -0.2) is 0 Å². The van der Waals surface area contributed by atoms with Gasteiger partial charge in [-0.15, -0.1) is 0 Å². The van der Waals surface area contributed by atoms with Gasteiger partial charge in [-0.2, -0.15) is 0 Å². The number of carbonyl (C=O) groups excluding carboxylic acids is 1. The van der Waals surface area contributed by atoms with Crippen molar-refractivity contribution >= 4 is 5.91 Å². The van der Waals surface area contributed by atoms with E-state index in [1.807, 2.05) is 0 Å². The molecule has 0 aromatic heterocycles. The number of aliphatic hydroxyl groups is 1. The molecule has 3 N–H and O–H groups in total. The van der Waals surface area contributed by atoms with E-state index in [2.05, 4.69) is 10.6 Å². The average molecular weight is 202 g/mol. The summed E-state index contributed by atoms with van der Waals surface area (Å²) in [4.78, 5) is 11.3. The Morgan fingerprint density at radius 1 is 1.79 bits per heavy atom. The zero-order valence-electron chi connectivity index (χ0n) is 8.45. The summed E-state index contributed by atoms with van der Waals surface area (Å²) >= 11 is 0. The Morgan fingerprint density at radius 2 is 2.57 bits per heavy atom. The van der Waals surface area contributed by atoms with E-state index in [1.54, 1.807) is 6.92 Å². The molecular formula is C9H18N2O3. The predicted octanol–water partition coefficient (Wildman–Crippen LogP) is -1.14. The average Bonchev–Trinajstić information content (AvgIpc) is 2.16. The van der Waals surface area contributed by atoms with Crippen molar-refractivity contribution in [2.24, 2.45) is 0 Å². The third kappa shape index (κ3) is 4.55. The first-order valence-electron chi connectivity index (χ1n) is 4.95. The fourth-order valence-electron chi connectivity index (χ4n) is 1.29. The first-order valence-corrected chi connectivity index (χ1v) is 4.95. The van der Waals surface area contributed by atoms with Gasteiger partial charge in [-0.05, 0) is 6.92 Å². The van der Waals surface area contributed by atoms with Crippen LogP contribution in [0.25, 0.3) is 0 Å². The number of morpholine rings is 1. The second-order valence-electron chi connectivity index (χ2n) is 3.55. The van der Waals surface area contributed by atoms with Crippen molar-refractivity contribution in [2.45, 2.75) is 25.6 Å². The van der Waals surface area contributed by atoms with Crippen LogP contribution in [-0.4, -0.2) is 49.5 Å². The number of ether oxygens (including phenoxy) is 1. The van der Waals surface area contributed by atoms with Gasteiger partial charge >= 0.3 is 0 Å². The Labute approximate surface area is 83.8 Å². The van der Waals surface area contributed by atoms with Crippen molar-refractivity contribution in [1.82, 2.24) is 10.6 Å². The number of amides is 1. The normalized spacial score (nSPS) is 24.3. The van der Waals surface area contributed by atoms with Gasteiger partial charge in [0, 0.05) is 19.6 Å². The van der Waals surface area contributed by atoms with Crippen LogP contribution in [0.3, 0.4) is 0 Å². The highest BCUT2D eigenvalue weighted by molar-refractivity contribution is 5.76. The van der Waals surface area contributed by atoms with Crippen LogP contribution >= 0.6 is 0 Å². The summed E-state index contributed by atoms with van der Waals surface area (Å²) < 4.78 is 5.37. The molecule has 14 heavy (non-hydrogen) atoms. The van der Waals surface area contributed by atoms with E-state index in [9.17, 15) is 4.79 Å². The molecule has 0 bridgehead atoms. The standard InChI is InChI=1S/C9H18N2O3/c1-7(12)5-11-9(13)4-8-6-10-2-3-14-8/h7-8,10,12H,2-6H2,1H3,(H,11,13). The van der Waals surface area contributed by atoms with Gasteiger partial charge in [0.2, 0.25) is 5.91 Å². The van der Waals surface area contributed by atoms with Gasteiger partial charge in [0.25, 0.3) is 0 Å². The lowest BCUT2D eigenvalue weighted by Crippen LogP contribution is -2.42. The Bertz CT molecular complexity index is 179. The first-order chi connectivity index (χ1) is 6.68. The molecule has 0 aromatic rings. The second-order valence-corrected chi connectivity index (χ2v) is 3.55. The highest BCUT2D eigenvalue weighted by atomic mass is 16.5. The molecule has 1 amide bonds. The molecular weight excluding hydrogens is 184 g/mol. The number of hydrogen-bond donors (Lipinski definition) is 3. The largest absolute Gasteiger partial charge is 0.392 e.